The fourth-order valence-corrected chi connectivity index (χ4v) is 1.93. The summed E-state index contributed by atoms with van der Waals surface area (Å²) < 4.78 is 6.31. The summed E-state index contributed by atoms with van der Waals surface area (Å²) in [5.74, 6) is 0.0522. The van der Waals surface area contributed by atoms with Crippen LogP contribution in [0.2, 0.25) is 0 Å². The maximum absolute atomic E-state index is 11.6. The molecule has 8 nitrogen and oxygen atoms in total. The second kappa shape index (κ2) is 4.65. The minimum absolute atomic E-state index is 0.0522. The molecule has 1 aromatic heterocycles. The largest absolute Gasteiger partial charge is 0.391 e. The molecule has 1 aromatic rings. The van der Waals surface area contributed by atoms with E-state index in [0.717, 1.165) is 4.57 Å². The molecule has 2 rings (SSSR count). The average Bonchev–Trinajstić information content (AvgIpc) is 2.57. The van der Waals surface area contributed by atoms with Crippen molar-refractivity contribution in [3.05, 3.63) is 22.7 Å². The predicted molar refractivity (Wildman–Crippen MR) is 60.5 cm³/mol. The lowest BCUT2D eigenvalue weighted by Crippen LogP contribution is -2.38. The molecular weight excluding hydrogens is 242 g/mol. The van der Waals surface area contributed by atoms with Gasteiger partial charge in [0.15, 0.2) is 6.23 Å². The fraction of sp³-hybridized carbons (Fsp3) is 0.600. The highest BCUT2D eigenvalue weighted by Gasteiger charge is 2.46. The van der Waals surface area contributed by atoms with Crippen molar-refractivity contribution < 1.29 is 20.1 Å². The van der Waals surface area contributed by atoms with Crippen LogP contribution in [0.25, 0.3) is 0 Å². The normalized spacial score (nSPS) is 33.6. The van der Waals surface area contributed by atoms with Crippen molar-refractivity contribution in [2.45, 2.75) is 37.6 Å². The number of nitrogens with two attached hydrogens (primary N) is 1. The van der Waals surface area contributed by atoms with Crippen molar-refractivity contribution in [2.75, 3.05) is 5.73 Å². The van der Waals surface area contributed by atoms with Crippen LogP contribution in [-0.2, 0) is 4.74 Å². The van der Waals surface area contributed by atoms with Crippen LogP contribution in [0.1, 0.15) is 13.2 Å². The van der Waals surface area contributed by atoms with E-state index in [-0.39, 0.29) is 5.82 Å². The number of aliphatic hydroxyl groups excluding tert-OH is 3. The molecule has 0 aliphatic carbocycles. The number of anilines is 1. The van der Waals surface area contributed by atoms with Crippen molar-refractivity contribution in [3.63, 3.8) is 0 Å². The Morgan fingerprint density at radius 2 is 2.17 bits per heavy atom. The summed E-state index contributed by atoms with van der Waals surface area (Å²) in [5, 5.41) is 28.9. The second-order valence-corrected chi connectivity index (χ2v) is 4.26. The minimum atomic E-state index is -1.33. The van der Waals surface area contributed by atoms with Crippen molar-refractivity contribution >= 4 is 5.82 Å². The Labute approximate surface area is 102 Å². The van der Waals surface area contributed by atoms with Crippen LogP contribution in [0.5, 0.6) is 0 Å². The van der Waals surface area contributed by atoms with Gasteiger partial charge in [-0.2, -0.15) is 4.98 Å². The van der Waals surface area contributed by atoms with E-state index in [1.54, 1.807) is 0 Å². The van der Waals surface area contributed by atoms with Gasteiger partial charge >= 0.3 is 5.69 Å². The van der Waals surface area contributed by atoms with Gasteiger partial charge < -0.3 is 25.8 Å². The van der Waals surface area contributed by atoms with E-state index < -0.39 is 36.3 Å². The molecule has 18 heavy (non-hydrogen) atoms. The van der Waals surface area contributed by atoms with E-state index in [1.807, 2.05) is 0 Å². The summed E-state index contributed by atoms with van der Waals surface area (Å²) in [6.45, 7) is 1.42. The first-order valence-corrected chi connectivity index (χ1v) is 5.46. The monoisotopic (exact) mass is 257 g/mol. The van der Waals surface area contributed by atoms with Crippen molar-refractivity contribution in [2.24, 2.45) is 0 Å². The third-order valence-corrected chi connectivity index (χ3v) is 2.88. The molecule has 1 saturated heterocycles. The lowest BCUT2D eigenvalue weighted by Gasteiger charge is -2.17. The number of nitrogen functional groups attached to an aromatic ring is 1. The van der Waals surface area contributed by atoms with Crippen LogP contribution in [0.15, 0.2) is 17.1 Å². The standard InChI is InChI=1S/C10H15N3O5/c1-4(14)8-6(15)7(16)9(18-8)13-3-2-5(11)12-10(13)17/h2-4,6-9,14-16H,1H3,(H2,11,12,17)/t4?,6-,7-,8-,9-/m1/s1. The molecule has 5 atom stereocenters. The first-order chi connectivity index (χ1) is 8.41. The SMILES string of the molecule is CC(O)[C@H]1O[C@@H](n2ccc(N)nc2=O)[C@H](O)[C@H]1O. The number of nitrogens with zero attached hydrogens (tertiary/aromatic N) is 2. The smallest absolute Gasteiger partial charge is 0.351 e. The van der Waals surface area contributed by atoms with Gasteiger partial charge in [-0.15, -0.1) is 0 Å². The van der Waals surface area contributed by atoms with Crippen LogP contribution in [0, 0.1) is 0 Å². The first kappa shape index (κ1) is 13.0. The van der Waals surface area contributed by atoms with E-state index in [1.165, 1.54) is 19.2 Å². The van der Waals surface area contributed by atoms with Crippen LogP contribution < -0.4 is 11.4 Å². The van der Waals surface area contributed by atoms with Gasteiger partial charge in [0.05, 0.1) is 6.10 Å². The highest BCUT2D eigenvalue weighted by atomic mass is 16.6. The van der Waals surface area contributed by atoms with Gasteiger partial charge in [-0.1, -0.05) is 0 Å². The number of aromatic nitrogens is 2. The maximum Gasteiger partial charge on any atom is 0.351 e. The molecule has 0 radical (unpaired) electrons. The Bertz CT molecular complexity index is 489. The second-order valence-electron chi connectivity index (χ2n) is 4.26. The van der Waals surface area contributed by atoms with Gasteiger partial charge in [0.25, 0.3) is 0 Å². The van der Waals surface area contributed by atoms with Crippen molar-refractivity contribution in [3.8, 4) is 0 Å². The quantitative estimate of drug-likeness (QED) is 0.474. The summed E-state index contributed by atoms with van der Waals surface area (Å²) in [5.41, 5.74) is 4.65. The number of hydrogen-bond donors (Lipinski definition) is 4. The zero-order chi connectivity index (χ0) is 13.4. The third kappa shape index (κ3) is 2.10. The van der Waals surface area contributed by atoms with Gasteiger partial charge in [-0.05, 0) is 13.0 Å². The van der Waals surface area contributed by atoms with E-state index in [0.29, 0.717) is 0 Å². The summed E-state index contributed by atoms with van der Waals surface area (Å²) >= 11 is 0. The highest BCUT2D eigenvalue weighted by molar-refractivity contribution is 5.23. The lowest BCUT2D eigenvalue weighted by molar-refractivity contribution is -0.0803. The molecule has 0 spiro atoms. The molecule has 1 fully saturated rings. The van der Waals surface area contributed by atoms with Crippen LogP contribution in [-0.4, -0.2) is 49.3 Å². The average molecular weight is 257 g/mol. The Morgan fingerprint density at radius 3 is 2.67 bits per heavy atom. The zero-order valence-corrected chi connectivity index (χ0v) is 9.67. The molecule has 0 saturated carbocycles. The molecule has 1 unspecified atom stereocenters. The number of ether oxygens (including phenoxy) is 1. The number of rotatable bonds is 2. The Hall–Kier alpha value is -1.48. The van der Waals surface area contributed by atoms with Gasteiger partial charge in [0.1, 0.15) is 24.1 Å². The van der Waals surface area contributed by atoms with Crippen LogP contribution in [0.3, 0.4) is 0 Å². The molecule has 1 aliphatic rings. The van der Waals surface area contributed by atoms with Crippen molar-refractivity contribution in [1.82, 2.24) is 9.55 Å². The van der Waals surface area contributed by atoms with E-state index in [2.05, 4.69) is 4.98 Å². The van der Waals surface area contributed by atoms with Gasteiger partial charge in [-0.25, -0.2) is 4.79 Å². The van der Waals surface area contributed by atoms with E-state index in [4.69, 9.17) is 10.5 Å². The molecule has 0 aromatic carbocycles. The third-order valence-electron chi connectivity index (χ3n) is 2.88. The minimum Gasteiger partial charge on any atom is -0.391 e. The topological polar surface area (TPSA) is 131 Å². The lowest BCUT2D eigenvalue weighted by atomic mass is 10.1. The first-order valence-electron chi connectivity index (χ1n) is 5.46. The maximum atomic E-state index is 11.6. The zero-order valence-electron chi connectivity index (χ0n) is 9.67. The molecule has 2 heterocycles. The highest BCUT2D eigenvalue weighted by Crippen LogP contribution is 2.29. The molecular formula is C10H15N3O5. The van der Waals surface area contributed by atoms with E-state index in [9.17, 15) is 20.1 Å². The summed E-state index contributed by atoms with van der Waals surface area (Å²) in [7, 11) is 0. The molecule has 0 bridgehead atoms. The fourth-order valence-electron chi connectivity index (χ4n) is 1.93. The Morgan fingerprint density at radius 1 is 1.50 bits per heavy atom. The van der Waals surface area contributed by atoms with Gasteiger partial charge in [-0.3, -0.25) is 4.57 Å². The Kier molecular flexibility index (Phi) is 3.35. The van der Waals surface area contributed by atoms with Crippen molar-refractivity contribution in [1.29, 1.82) is 0 Å². The Balaban J connectivity index is 2.32. The molecule has 100 valence electrons. The summed E-state index contributed by atoms with van der Waals surface area (Å²) in [6, 6.07) is 1.37. The van der Waals surface area contributed by atoms with Crippen LogP contribution >= 0.6 is 0 Å². The predicted octanol–water partition coefficient (Wildman–Crippen LogP) is -2.17. The van der Waals surface area contributed by atoms with E-state index >= 15 is 0 Å². The van der Waals surface area contributed by atoms with Crippen LogP contribution in [0.4, 0.5) is 5.82 Å². The molecule has 8 heteroatoms. The summed E-state index contributed by atoms with van der Waals surface area (Å²) in [4.78, 5) is 15.1. The van der Waals surface area contributed by atoms with Gasteiger partial charge in [0.2, 0.25) is 0 Å². The molecule has 0 amide bonds. The number of aliphatic hydroxyl groups is 3. The summed E-state index contributed by atoms with van der Waals surface area (Å²) in [6.07, 6.45) is -4.32. The molecule has 5 N–H and O–H groups in total. The molecule has 1 aliphatic heterocycles. The van der Waals surface area contributed by atoms with Gasteiger partial charge in [0, 0.05) is 6.20 Å². The number of hydrogen-bond acceptors (Lipinski definition) is 7.